The number of hydrogen-bond acceptors (Lipinski definition) is 1. The zero-order chi connectivity index (χ0) is 19.2. The van der Waals surface area contributed by atoms with Gasteiger partial charge < -0.3 is 5.11 Å². The van der Waals surface area contributed by atoms with Crippen molar-refractivity contribution in [3.63, 3.8) is 0 Å². The Hall–Kier alpha value is -2.64. The predicted molar refractivity (Wildman–Crippen MR) is 119 cm³/mol. The lowest BCUT2D eigenvalue weighted by atomic mass is 9.88. The third-order valence-corrected chi connectivity index (χ3v) is 4.79. The molecule has 0 aromatic heterocycles. The highest BCUT2D eigenvalue weighted by Gasteiger charge is 2.13. The van der Waals surface area contributed by atoms with E-state index in [0.717, 1.165) is 10.9 Å². The summed E-state index contributed by atoms with van der Waals surface area (Å²) in [6.45, 7) is 8.83. The Morgan fingerprint density at radius 2 is 1.04 bits per heavy atom. The van der Waals surface area contributed by atoms with E-state index in [1.54, 1.807) is 0 Å². The summed E-state index contributed by atoms with van der Waals surface area (Å²) in [7, 11) is 0. The second kappa shape index (κ2) is 6.51. The quantitative estimate of drug-likeness (QED) is 0.248. The molecule has 0 fully saturated rings. The van der Waals surface area contributed by atoms with Crippen molar-refractivity contribution in [2.24, 2.45) is 5.41 Å². The minimum absolute atomic E-state index is 0.0755. The van der Waals surface area contributed by atoms with Crippen molar-refractivity contribution in [3.05, 3.63) is 72.3 Å². The fourth-order valence-electron chi connectivity index (χ4n) is 3.84. The number of rotatable bonds is 1. The lowest BCUT2D eigenvalue weighted by Gasteiger charge is -2.15. The summed E-state index contributed by atoms with van der Waals surface area (Å²) in [5.41, 5.74) is 1.49. The van der Waals surface area contributed by atoms with Gasteiger partial charge in [0.05, 0.1) is 6.61 Å². The molecule has 0 atom stereocenters. The van der Waals surface area contributed by atoms with Crippen LogP contribution in [0.4, 0.5) is 0 Å². The summed E-state index contributed by atoms with van der Waals surface area (Å²) in [5, 5.41) is 19.8. The van der Waals surface area contributed by atoms with E-state index in [2.05, 4.69) is 88.4 Å². The molecule has 1 heteroatoms. The average molecular weight is 354 g/mol. The molecule has 0 heterocycles. The van der Waals surface area contributed by atoms with Gasteiger partial charge in [0.2, 0.25) is 0 Å². The summed E-state index contributed by atoms with van der Waals surface area (Å²) in [5.74, 6) is 0. The molecule has 5 rings (SSSR count). The van der Waals surface area contributed by atoms with Crippen LogP contribution in [0.2, 0.25) is 0 Å². The molecule has 0 amide bonds. The van der Waals surface area contributed by atoms with Crippen molar-refractivity contribution in [2.45, 2.75) is 34.3 Å². The van der Waals surface area contributed by atoms with Crippen LogP contribution in [-0.2, 0) is 6.61 Å². The SMILES string of the molecule is CC(C)(C)C.OCc1ccc2c3cccc4cccc(c5cccc1c52)c43. The van der Waals surface area contributed by atoms with E-state index in [0.29, 0.717) is 5.41 Å². The molecule has 0 saturated heterocycles. The highest BCUT2D eigenvalue weighted by molar-refractivity contribution is 6.33. The molecule has 0 spiro atoms. The van der Waals surface area contributed by atoms with Crippen LogP contribution >= 0.6 is 0 Å². The van der Waals surface area contributed by atoms with Crippen LogP contribution < -0.4 is 0 Å². The van der Waals surface area contributed by atoms with Gasteiger partial charge in [-0.2, -0.15) is 0 Å². The molecule has 0 aliphatic rings. The van der Waals surface area contributed by atoms with Crippen LogP contribution in [0.5, 0.6) is 0 Å². The highest BCUT2D eigenvalue weighted by Crippen LogP contribution is 2.40. The van der Waals surface area contributed by atoms with Gasteiger partial charge in [0, 0.05) is 0 Å². The van der Waals surface area contributed by atoms with Crippen LogP contribution in [-0.4, -0.2) is 5.11 Å². The predicted octanol–water partition coefficient (Wildman–Crippen LogP) is 7.28. The third kappa shape index (κ3) is 3.13. The molecule has 0 aliphatic carbocycles. The van der Waals surface area contributed by atoms with Crippen LogP contribution in [0.1, 0.15) is 33.3 Å². The summed E-state index contributed by atoms with van der Waals surface area (Å²) in [6.07, 6.45) is 0. The minimum Gasteiger partial charge on any atom is -0.392 e. The maximum atomic E-state index is 9.66. The lowest BCUT2D eigenvalue weighted by Crippen LogP contribution is -1.93. The molecule has 5 aromatic carbocycles. The maximum Gasteiger partial charge on any atom is 0.0687 e. The fourth-order valence-corrected chi connectivity index (χ4v) is 3.84. The topological polar surface area (TPSA) is 20.2 Å². The van der Waals surface area contributed by atoms with E-state index in [9.17, 15) is 5.11 Å². The minimum atomic E-state index is 0.0755. The van der Waals surface area contributed by atoms with Gasteiger partial charge in [-0.25, -0.2) is 0 Å². The zero-order valence-corrected chi connectivity index (χ0v) is 16.5. The first-order valence-electron chi connectivity index (χ1n) is 9.56. The Labute approximate surface area is 160 Å². The first kappa shape index (κ1) is 17.8. The molecule has 27 heavy (non-hydrogen) atoms. The first-order valence-corrected chi connectivity index (χ1v) is 9.56. The van der Waals surface area contributed by atoms with E-state index in [1.165, 1.54) is 37.7 Å². The molecule has 0 aliphatic heterocycles. The fraction of sp³-hybridized carbons (Fsp3) is 0.231. The van der Waals surface area contributed by atoms with Crippen molar-refractivity contribution in [1.82, 2.24) is 0 Å². The number of hydrogen-bond donors (Lipinski definition) is 1. The summed E-state index contributed by atoms with van der Waals surface area (Å²) in [4.78, 5) is 0. The van der Waals surface area contributed by atoms with E-state index in [1.807, 2.05) is 6.07 Å². The van der Waals surface area contributed by atoms with Crippen molar-refractivity contribution in [1.29, 1.82) is 0 Å². The molecule has 1 N–H and O–H groups in total. The number of benzene rings is 5. The molecule has 0 bridgehead atoms. The molecule has 1 nitrogen and oxygen atoms in total. The first-order chi connectivity index (χ1) is 12.9. The second-order valence-electron chi connectivity index (χ2n) is 8.87. The normalized spacial score (nSPS) is 12.0. The Morgan fingerprint density at radius 1 is 0.593 bits per heavy atom. The number of aliphatic hydroxyl groups excluding tert-OH is 1. The van der Waals surface area contributed by atoms with Gasteiger partial charge in [0.1, 0.15) is 0 Å². The van der Waals surface area contributed by atoms with Crippen molar-refractivity contribution >= 4 is 43.1 Å². The zero-order valence-electron chi connectivity index (χ0n) is 16.5. The van der Waals surface area contributed by atoms with Crippen LogP contribution in [0.25, 0.3) is 43.1 Å². The molecular weight excluding hydrogens is 328 g/mol. The van der Waals surface area contributed by atoms with Gasteiger partial charge in [-0.15, -0.1) is 0 Å². The van der Waals surface area contributed by atoms with Gasteiger partial charge >= 0.3 is 0 Å². The van der Waals surface area contributed by atoms with E-state index in [4.69, 9.17) is 0 Å². The molecule has 5 aromatic rings. The van der Waals surface area contributed by atoms with Gasteiger partial charge in [-0.3, -0.25) is 0 Å². The van der Waals surface area contributed by atoms with Gasteiger partial charge in [-0.1, -0.05) is 94.4 Å². The van der Waals surface area contributed by atoms with Crippen molar-refractivity contribution in [2.75, 3.05) is 0 Å². The molecular formula is C26H26O. The van der Waals surface area contributed by atoms with Crippen LogP contribution in [0.3, 0.4) is 0 Å². The maximum absolute atomic E-state index is 9.66. The highest BCUT2D eigenvalue weighted by atomic mass is 16.3. The molecule has 0 unspecified atom stereocenters. The third-order valence-electron chi connectivity index (χ3n) is 4.79. The number of fused-ring (bicyclic) bond motifs is 2. The van der Waals surface area contributed by atoms with Gasteiger partial charge in [0.25, 0.3) is 0 Å². The van der Waals surface area contributed by atoms with Crippen molar-refractivity contribution in [3.8, 4) is 0 Å². The lowest BCUT2D eigenvalue weighted by molar-refractivity contribution is 0.283. The van der Waals surface area contributed by atoms with Gasteiger partial charge in [0.15, 0.2) is 0 Å². The largest absolute Gasteiger partial charge is 0.392 e. The Bertz CT molecular complexity index is 1190. The molecule has 136 valence electrons. The van der Waals surface area contributed by atoms with E-state index >= 15 is 0 Å². The second-order valence-corrected chi connectivity index (χ2v) is 8.87. The summed E-state index contributed by atoms with van der Waals surface area (Å²) >= 11 is 0. The van der Waals surface area contributed by atoms with Gasteiger partial charge in [-0.05, 0) is 54.1 Å². The molecule has 0 saturated carbocycles. The summed E-state index contributed by atoms with van der Waals surface area (Å²) in [6, 6.07) is 23.6. The summed E-state index contributed by atoms with van der Waals surface area (Å²) < 4.78 is 0. The number of aliphatic hydroxyl groups is 1. The standard InChI is InChI=1S/C21H14O.C5H12/c22-12-14-10-11-19-17-8-2-5-13-4-1-7-16(20(13)17)18-9-3-6-15(14)21(18)19;1-5(2,3)4/h1-11,22H,12H2;1-4H3. The van der Waals surface area contributed by atoms with Crippen LogP contribution in [0.15, 0.2) is 66.7 Å². The monoisotopic (exact) mass is 354 g/mol. The van der Waals surface area contributed by atoms with E-state index < -0.39 is 0 Å². The Morgan fingerprint density at radius 3 is 1.59 bits per heavy atom. The average Bonchev–Trinajstić information content (AvgIpc) is 2.64. The van der Waals surface area contributed by atoms with Crippen LogP contribution in [0, 0.1) is 5.41 Å². The Balaban J connectivity index is 0.000000323. The molecule has 0 radical (unpaired) electrons. The smallest absolute Gasteiger partial charge is 0.0687 e. The van der Waals surface area contributed by atoms with Crippen molar-refractivity contribution < 1.29 is 5.11 Å². The van der Waals surface area contributed by atoms with E-state index in [-0.39, 0.29) is 6.61 Å². The Kier molecular flexibility index (Phi) is 4.28.